The van der Waals surface area contributed by atoms with E-state index < -0.39 is 0 Å². The summed E-state index contributed by atoms with van der Waals surface area (Å²) in [7, 11) is 0. The zero-order chi connectivity index (χ0) is 14.7. The number of halogens is 1. The summed E-state index contributed by atoms with van der Waals surface area (Å²) in [5.41, 5.74) is 6.83. The van der Waals surface area contributed by atoms with Gasteiger partial charge in [-0.1, -0.05) is 0 Å². The Labute approximate surface area is 129 Å². The zero-order valence-electron chi connectivity index (χ0n) is 11.9. The molecule has 116 valence electrons. The topological polar surface area (TPSA) is 88.3 Å². The first kappa shape index (κ1) is 14.6. The number of nitrogens with zero attached hydrogens (tertiary/aromatic N) is 3. The van der Waals surface area contributed by atoms with Gasteiger partial charge in [-0.05, 0) is 37.5 Å². The lowest BCUT2D eigenvalue weighted by Gasteiger charge is -2.30. The maximum absolute atomic E-state index is 6.26. The van der Waals surface area contributed by atoms with E-state index in [-0.39, 0.29) is 5.28 Å². The van der Waals surface area contributed by atoms with Crippen molar-refractivity contribution in [3.63, 3.8) is 0 Å². The van der Waals surface area contributed by atoms with Gasteiger partial charge in [0.1, 0.15) is 5.69 Å². The quantitative estimate of drug-likeness (QED) is 0.708. The minimum absolute atomic E-state index is 0.224. The van der Waals surface area contributed by atoms with Gasteiger partial charge in [0, 0.05) is 19.1 Å². The second-order valence-electron chi connectivity index (χ2n) is 5.35. The Kier molecular flexibility index (Phi) is 4.62. The van der Waals surface area contributed by atoms with Crippen molar-refractivity contribution in [3.05, 3.63) is 5.28 Å². The van der Waals surface area contributed by atoms with Crippen LogP contribution >= 0.6 is 11.6 Å². The van der Waals surface area contributed by atoms with Crippen LogP contribution in [0, 0.1) is 0 Å². The number of aromatic nitrogens is 2. The number of nitrogen functional groups attached to an aromatic ring is 1. The fraction of sp³-hybridized carbons (Fsp3) is 0.692. The molecule has 1 aromatic rings. The average molecular weight is 313 g/mol. The van der Waals surface area contributed by atoms with Crippen molar-refractivity contribution >= 4 is 28.9 Å². The number of ether oxygens (including phenoxy) is 1. The summed E-state index contributed by atoms with van der Waals surface area (Å²) in [6.07, 6.45) is 2.10. The number of nitrogens with two attached hydrogens (primary N) is 1. The van der Waals surface area contributed by atoms with E-state index in [1.807, 2.05) is 0 Å². The summed E-state index contributed by atoms with van der Waals surface area (Å²) in [6, 6.07) is 0.372. The predicted octanol–water partition coefficient (Wildman–Crippen LogP) is 0.713. The maximum Gasteiger partial charge on any atom is 0.226 e. The number of hydrogen-bond donors (Lipinski definition) is 3. The minimum Gasteiger partial charge on any atom is -0.393 e. The molecule has 0 atom stereocenters. The highest BCUT2D eigenvalue weighted by atomic mass is 35.5. The molecule has 0 aliphatic carbocycles. The van der Waals surface area contributed by atoms with Crippen LogP contribution in [0.25, 0.3) is 0 Å². The van der Waals surface area contributed by atoms with Crippen molar-refractivity contribution in [2.45, 2.75) is 18.9 Å². The third-order valence-corrected chi connectivity index (χ3v) is 4.06. The third-order valence-electron chi connectivity index (χ3n) is 3.89. The van der Waals surface area contributed by atoms with E-state index >= 15 is 0 Å². The van der Waals surface area contributed by atoms with Gasteiger partial charge < -0.3 is 26.0 Å². The molecule has 2 fully saturated rings. The molecule has 0 unspecified atom stereocenters. The van der Waals surface area contributed by atoms with E-state index in [1.165, 1.54) is 0 Å². The zero-order valence-corrected chi connectivity index (χ0v) is 12.7. The lowest BCUT2D eigenvalue weighted by atomic mass is 10.1. The van der Waals surface area contributed by atoms with Crippen LogP contribution in [0.1, 0.15) is 12.8 Å². The molecule has 7 nitrogen and oxygen atoms in total. The molecule has 4 N–H and O–H groups in total. The first-order valence-corrected chi connectivity index (χ1v) is 7.75. The normalized spacial score (nSPS) is 20.5. The van der Waals surface area contributed by atoms with E-state index in [2.05, 4.69) is 25.5 Å². The lowest BCUT2D eigenvalue weighted by molar-refractivity contribution is 0.122. The van der Waals surface area contributed by atoms with E-state index in [0.717, 1.165) is 39.0 Å². The first-order chi connectivity index (χ1) is 10.2. The highest BCUT2D eigenvalue weighted by Gasteiger charge is 2.21. The molecule has 2 saturated heterocycles. The molecular weight excluding hydrogens is 292 g/mol. The minimum atomic E-state index is 0.224. The standard InChI is InChI=1S/C13H21ClN6O/c14-13-18-11(17-9-1-3-16-4-2-9)10(15)12(19-13)20-5-7-21-8-6-20/h9,16H,1-8,15H2,(H,17,18,19). The van der Waals surface area contributed by atoms with Gasteiger partial charge in [-0.2, -0.15) is 9.97 Å². The Morgan fingerprint density at radius 3 is 2.67 bits per heavy atom. The van der Waals surface area contributed by atoms with Gasteiger partial charge in [0.25, 0.3) is 0 Å². The molecule has 2 aliphatic heterocycles. The molecule has 0 saturated carbocycles. The number of hydrogen-bond acceptors (Lipinski definition) is 7. The summed E-state index contributed by atoms with van der Waals surface area (Å²) >= 11 is 6.07. The summed E-state index contributed by atoms with van der Waals surface area (Å²) < 4.78 is 5.36. The molecular formula is C13H21ClN6O. The molecule has 3 rings (SSSR count). The Hall–Kier alpha value is -1.31. The van der Waals surface area contributed by atoms with Gasteiger partial charge in [0.2, 0.25) is 5.28 Å². The molecule has 1 aromatic heterocycles. The smallest absolute Gasteiger partial charge is 0.226 e. The van der Waals surface area contributed by atoms with Crippen molar-refractivity contribution < 1.29 is 4.74 Å². The number of morpholine rings is 1. The van der Waals surface area contributed by atoms with Crippen molar-refractivity contribution in [1.29, 1.82) is 0 Å². The van der Waals surface area contributed by atoms with Crippen LogP contribution < -0.4 is 21.3 Å². The first-order valence-electron chi connectivity index (χ1n) is 7.37. The fourth-order valence-corrected chi connectivity index (χ4v) is 2.88. The molecule has 3 heterocycles. The number of anilines is 3. The molecule has 0 bridgehead atoms. The largest absolute Gasteiger partial charge is 0.393 e. The monoisotopic (exact) mass is 312 g/mol. The summed E-state index contributed by atoms with van der Waals surface area (Å²) in [4.78, 5) is 10.7. The van der Waals surface area contributed by atoms with Gasteiger partial charge >= 0.3 is 0 Å². The number of piperidine rings is 1. The number of nitrogens with one attached hydrogen (secondary N) is 2. The fourth-order valence-electron chi connectivity index (χ4n) is 2.72. The maximum atomic E-state index is 6.26. The Morgan fingerprint density at radius 1 is 1.24 bits per heavy atom. The summed E-state index contributed by atoms with van der Waals surface area (Å²) in [6.45, 7) is 4.91. The van der Waals surface area contributed by atoms with Crippen LogP contribution in [0.15, 0.2) is 0 Å². The van der Waals surface area contributed by atoms with Gasteiger partial charge in [-0.3, -0.25) is 0 Å². The summed E-state index contributed by atoms with van der Waals surface area (Å²) in [5, 5.41) is 6.97. The van der Waals surface area contributed by atoms with Crippen LogP contribution in [0.5, 0.6) is 0 Å². The molecule has 8 heteroatoms. The van der Waals surface area contributed by atoms with Crippen LogP contribution in [-0.2, 0) is 4.74 Å². The highest BCUT2D eigenvalue weighted by Crippen LogP contribution is 2.30. The Balaban J connectivity index is 1.80. The average Bonchev–Trinajstić information content (AvgIpc) is 2.52. The SMILES string of the molecule is Nc1c(NC2CCNCC2)nc(Cl)nc1N1CCOCC1. The second-order valence-corrected chi connectivity index (χ2v) is 5.68. The molecule has 0 amide bonds. The predicted molar refractivity (Wildman–Crippen MR) is 84.0 cm³/mol. The second kappa shape index (κ2) is 6.64. The van der Waals surface area contributed by atoms with Gasteiger partial charge in [-0.25, -0.2) is 0 Å². The van der Waals surface area contributed by atoms with Crippen LogP contribution in [0.2, 0.25) is 5.28 Å². The Bertz CT molecular complexity index is 488. The van der Waals surface area contributed by atoms with E-state index in [9.17, 15) is 0 Å². The van der Waals surface area contributed by atoms with E-state index in [4.69, 9.17) is 22.1 Å². The van der Waals surface area contributed by atoms with E-state index in [0.29, 0.717) is 36.6 Å². The lowest BCUT2D eigenvalue weighted by Crippen LogP contribution is -2.38. The Morgan fingerprint density at radius 2 is 1.95 bits per heavy atom. The molecule has 21 heavy (non-hydrogen) atoms. The third kappa shape index (κ3) is 3.48. The molecule has 0 radical (unpaired) electrons. The van der Waals surface area contributed by atoms with Gasteiger partial charge in [-0.15, -0.1) is 0 Å². The van der Waals surface area contributed by atoms with Gasteiger partial charge in [0.15, 0.2) is 11.6 Å². The van der Waals surface area contributed by atoms with Crippen LogP contribution in [0.3, 0.4) is 0 Å². The highest BCUT2D eigenvalue weighted by molar-refractivity contribution is 6.28. The molecule has 2 aliphatic rings. The molecule has 0 spiro atoms. The van der Waals surface area contributed by atoms with Crippen molar-refractivity contribution in [1.82, 2.24) is 15.3 Å². The van der Waals surface area contributed by atoms with E-state index in [1.54, 1.807) is 0 Å². The van der Waals surface area contributed by atoms with Crippen LogP contribution in [0.4, 0.5) is 17.3 Å². The van der Waals surface area contributed by atoms with Crippen molar-refractivity contribution in [2.24, 2.45) is 0 Å². The number of rotatable bonds is 3. The van der Waals surface area contributed by atoms with Gasteiger partial charge in [0.05, 0.1) is 13.2 Å². The van der Waals surface area contributed by atoms with Crippen molar-refractivity contribution in [2.75, 3.05) is 55.3 Å². The van der Waals surface area contributed by atoms with Crippen LogP contribution in [-0.4, -0.2) is 55.4 Å². The van der Waals surface area contributed by atoms with Crippen molar-refractivity contribution in [3.8, 4) is 0 Å². The molecule has 0 aromatic carbocycles. The summed E-state index contributed by atoms with van der Waals surface area (Å²) in [5.74, 6) is 1.35.